The Labute approximate surface area is 102 Å². The highest BCUT2D eigenvalue weighted by atomic mass is 19.1. The zero-order chi connectivity index (χ0) is 12.5. The normalized spacial score (nSPS) is 12.6. The molecule has 0 fully saturated rings. The Balaban J connectivity index is 2.16. The lowest BCUT2D eigenvalue weighted by atomic mass is 10.2. The lowest BCUT2D eigenvalue weighted by Crippen LogP contribution is -2.21. The van der Waals surface area contributed by atoms with Crippen LogP contribution < -0.4 is 5.32 Å². The van der Waals surface area contributed by atoms with Crippen LogP contribution in [0.15, 0.2) is 18.3 Å². The summed E-state index contributed by atoms with van der Waals surface area (Å²) in [5, 5.41) is 3.33. The summed E-state index contributed by atoms with van der Waals surface area (Å²) < 4.78 is 18.1. The maximum Gasteiger partial charge on any atom is 0.141 e. The number of ether oxygens (including phenoxy) is 1. The van der Waals surface area contributed by atoms with Crippen molar-refractivity contribution < 1.29 is 9.13 Å². The van der Waals surface area contributed by atoms with Crippen molar-refractivity contribution in [2.24, 2.45) is 0 Å². The number of hydrogen-bond acceptors (Lipinski definition) is 3. The number of rotatable bonds is 8. The second-order valence-corrected chi connectivity index (χ2v) is 4.04. The molecule has 1 unspecified atom stereocenters. The molecule has 0 aliphatic carbocycles. The summed E-state index contributed by atoms with van der Waals surface area (Å²) in [6.07, 6.45) is 3.28. The van der Waals surface area contributed by atoms with Crippen LogP contribution in [0.2, 0.25) is 0 Å². The molecule has 0 aliphatic rings. The Morgan fingerprint density at radius 1 is 1.41 bits per heavy atom. The zero-order valence-corrected chi connectivity index (χ0v) is 10.6. The van der Waals surface area contributed by atoms with Crippen LogP contribution in [-0.4, -0.2) is 24.7 Å². The summed E-state index contributed by atoms with van der Waals surface area (Å²) in [5.74, 6) is -0.297. The van der Waals surface area contributed by atoms with E-state index in [0.717, 1.165) is 38.3 Å². The number of nitrogens with zero attached hydrogens (tertiary/aromatic N) is 1. The predicted octanol–water partition coefficient (Wildman–Crippen LogP) is 2.69. The van der Waals surface area contributed by atoms with Crippen LogP contribution in [0.25, 0.3) is 0 Å². The van der Waals surface area contributed by atoms with E-state index in [4.69, 9.17) is 4.74 Å². The molecule has 0 aromatic carbocycles. The highest BCUT2D eigenvalue weighted by molar-refractivity contribution is 5.08. The molecular formula is C13H21FN2O. The molecular weight excluding hydrogens is 219 g/mol. The van der Waals surface area contributed by atoms with Gasteiger partial charge in [0.15, 0.2) is 0 Å². The van der Waals surface area contributed by atoms with E-state index in [-0.39, 0.29) is 11.9 Å². The summed E-state index contributed by atoms with van der Waals surface area (Å²) in [5.41, 5.74) is 0.862. The van der Waals surface area contributed by atoms with Gasteiger partial charge in [0.1, 0.15) is 5.82 Å². The van der Waals surface area contributed by atoms with Gasteiger partial charge in [0, 0.05) is 19.3 Å². The maximum absolute atomic E-state index is 12.7. The first kappa shape index (κ1) is 14.1. The molecule has 3 nitrogen and oxygen atoms in total. The van der Waals surface area contributed by atoms with Gasteiger partial charge in [0.25, 0.3) is 0 Å². The Bertz CT molecular complexity index is 303. The van der Waals surface area contributed by atoms with Gasteiger partial charge in [-0.2, -0.15) is 0 Å². The quantitative estimate of drug-likeness (QED) is 0.709. The second-order valence-electron chi connectivity index (χ2n) is 4.04. The Hall–Kier alpha value is -1.00. The zero-order valence-electron chi connectivity index (χ0n) is 10.6. The van der Waals surface area contributed by atoms with Crippen LogP contribution in [0.1, 0.15) is 38.4 Å². The van der Waals surface area contributed by atoms with E-state index in [2.05, 4.69) is 17.2 Å². The smallest absolute Gasteiger partial charge is 0.141 e. The van der Waals surface area contributed by atoms with Crippen LogP contribution in [0.3, 0.4) is 0 Å². The fraction of sp³-hybridized carbons (Fsp3) is 0.615. The molecule has 0 spiro atoms. The number of nitrogens with one attached hydrogen (secondary N) is 1. The minimum atomic E-state index is -0.297. The maximum atomic E-state index is 12.7. The Kier molecular flexibility index (Phi) is 6.74. The van der Waals surface area contributed by atoms with E-state index in [0.29, 0.717) is 0 Å². The van der Waals surface area contributed by atoms with Gasteiger partial charge in [-0.05, 0) is 38.4 Å². The summed E-state index contributed by atoms with van der Waals surface area (Å²) in [7, 11) is 0. The molecule has 17 heavy (non-hydrogen) atoms. The van der Waals surface area contributed by atoms with Crippen LogP contribution >= 0.6 is 0 Å². The number of halogens is 1. The van der Waals surface area contributed by atoms with E-state index in [1.165, 1.54) is 12.3 Å². The summed E-state index contributed by atoms with van der Waals surface area (Å²) in [6, 6.07) is 3.28. The highest BCUT2D eigenvalue weighted by Gasteiger charge is 2.05. The van der Waals surface area contributed by atoms with Crippen molar-refractivity contribution in [2.75, 3.05) is 19.8 Å². The van der Waals surface area contributed by atoms with Crippen LogP contribution in [0, 0.1) is 5.82 Å². The van der Waals surface area contributed by atoms with E-state index in [9.17, 15) is 4.39 Å². The third-order valence-electron chi connectivity index (χ3n) is 2.46. The Morgan fingerprint density at radius 2 is 2.24 bits per heavy atom. The SMILES string of the molecule is CCCOCCCNC(C)c1ccc(F)cn1. The molecule has 0 saturated heterocycles. The molecule has 0 bridgehead atoms. The van der Waals surface area contributed by atoms with Crippen molar-refractivity contribution in [1.29, 1.82) is 0 Å². The molecule has 96 valence electrons. The van der Waals surface area contributed by atoms with Gasteiger partial charge >= 0.3 is 0 Å². The molecule has 0 amide bonds. The van der Waals surface area contributed by atoms with E-state index < -0.39 is 0 Å². The number of hydrogen-bond donors (Lipinski definition) is 1. The number of aromatic nitrogens is 1. The average Bonchev–Trinajstić information content (AvgIpc) is 2.34. The van der Waals surface area contributed by atoms with Gasteiger partial charge in [0.05, 0.1) is 11.9 Å². The van der Waals surface area contributed by atoms with Crippen molar-refractivity contribution in [3.8, 4) is 0 Å². The lowest BCUT2D eigenvalue weighted by Gasteiger charge is -2.13. The first-order valence-electron chi connectivity index (χ1n) is 6.16. The van der Waals surface area contributed by atoms with Crippen LogP contribution in [0.5, 0.6) is 0 Å². The minimum Gasteiger partial charge on any atom is -0.381 e. The van der Waals surface area contributed by atoms with Crippen molar-refractivity contribution >= 4 is 0 Å². The van der Waals surface area contributed by atoms with Crippen molar-refractivity contribution in [2.45, 2.75) is 32.7 Å². The fourth-order valence-electron chi connectivity index (χ4n) is 1.49. The molecule has 0 saturated carbocycles. The molecule has 0 aliphatic heterocycles. The van der Waals surface area contributed by atoms with Gasteiger partial charge in [-0.3, -0.25) is 4.98 Å². The lowest BCUT2D eigenvalue weighted by molar-refractivity contribution is 0.131. The van der Waals surface area contributed by atoms with Crippen molar-refractivity contribution in [3.05, 3.63) is 29.8 Å². The van der Waals surface area contributed by atoms with Crippen LogP contribution in [0.4, 0.5) is 4.39 Å². The molecule has 0 radical (unpaired) electrons. The Morgan fingerprint density at radius 3 is 2.88 bits per heavy atom. The molecule has 1 atom stereocenters. The highest BCUT2D eigenvalue weighted by Crippen LogP contribution is 2.08. The fourth-order valence-corrected chi connectivity index (χ4v) is 1.49. The minimum absolute atomic E-state index is 0.141. The van der Waals surface area contributed by atoms with E-state index in [1.54, 1.807) is 6.07 Å². The van der Waals surface area contributed by atoms with Gasteiger partial charge in [-0.25, -0.2) is 4.39 Å². The van der Waals surface area contributed by atoms with Gasteiger partial charge in [0.2, 0.25) is 0 Å². The third kappa shape index (κ3) is 5.75. The van der Waals surface area contributed by atoms with E-state index in [1.807, 2.05) is 6.92 Å². The van der Waals surface area contributed by atoms with Gasteiger partial charge in [-0.1, -0.05) is 6.92 Å². The van der Waals surface area contributed by atoms with Crippen LogP contribution in [-0.2, 0) is 4.74 Å². The topological polar surface area (TPSA) is 34.1 Å². The monoisotopic (exact) mass is 240 g/mol. The summed E-state index contributed by atoms with van der Waals surface area (Å²) >= 11 is 0. The first-order valence-corrected chi connectivity index (χ1v) is 6.16. The summed E-state index contributed by atoms with van der Waals surface area (Å²) in [4.78, 5) is 4.04. The largest absolute Gasteiger partial charge is 0.381 e. The predicted molar refractivity (Wildman–Crippen MR) is 66.3 cm³/mol. The molecule has 1 rings (SSSR count). The van der Waals surface area contributed by atoms with Gasteiger partial charge < -0.3 is 10.1 Å². The summed E-state index contributed by atoms with van der Waals surface area (Å²) in [6.45, 7) is 6.61. The van der Waals surface area contributed by atoms with Gasteiger partial charge in [-0.15, -0.1) is 0 Å². The molecule has 4 heteroatoms. The second kappa shape index (κ2) is 8.14. The molecule has 1 aromatic heterocycles. The van der Waals surface area contributed by atoms with E-state index >= 15 is 0 Å². The van der Waals surface area contributed by atoms with Crippen molar-refractivity contribution in [1.82, 2.24) is 10.3 Å². The number of pyridine rings is 1. The molecule has 1 heterocycles. The molecule has 1 N–H and O–H groups in total. The average molecular weight is 240 g/mol. The standard InChI is InChI=1S/C13H21FN2O/c1-3-8-17-9-4-7-15-11(2)13-6-5-12(14)10-16-13/h5-6,10-11,15H,3-4,7-9H2,1-2H3. The third-order valence-corrected chi connectivity index (χ3v) is 2.46. The first-order chi connectivity index (χ1) is 8.24. The molecule has 1 aromatic rings. The van der Waals surface area contributed by atoms with Crippen molar-refractivity contribution in [3.63, 3.8) is 0 Å².